The van der Waals surface area contributed by atoms with Gasteiger partial charge in [0.2, 0.25) is 0 Å². The Morgan fingerprint density at radius 3 is 1.92 bits per heavy atom. The molecule has 4 heteroatoms. The molecule has 0 aliphatic rings. The monoisotopic (exact) mass is 354 g/mol. The van der Waals surface area contributed by atoms with Crippen molar-refractivity contribution in [2.45, 2.75) is 40.0 Å². The van der Waals surface area contributed by atoms with Crippen molar-refractivity contribution in [2.24, 2.45) is 11.3 Å². The molecule has 0 fully saturated rings. The van der Waals surface area contributed by atoms with Gasteiger partial charge in [-0.3, -0.25) is 0 Å². The van der Waals surface area contributed by atoms with Crippen LogP contribution in [0.3, 0.4) is 0 Å². The summed E-state index contributed by atoms with van der Waals surface area (Å²) in [5.74, 6) is -1.71. The molecule has 2 N–H and O–H groups in total. The Bertz CT molecular complexity index is 805. The van der Waals surface area contributed by atoms with Crippen LogP contribution in [-0.2, 0) is 6.42 Å². The average molecular weight is 354 g/mol. The van der Waals surface area contributed by atoms with E-state index in [0.717, 1.165) is 11.1 Å². The van der Waals surface area contributed by atoms with E-state index in [1.165, 1.54) is 0 Å². The number of hydrogen-bond acceptors (Lipinski definition) is 2. The minimum atomic E-state index is -0.941. The van der Waals surface area contributed by atoms with Gasteiger partial charge in [-0.15, -0.1) is 0 Å². The molecule has 4 nitrogen and oxygen atoms in total. The lowest BCUT2D eigenvalue weighted by Crippen LogP contribution is -2.30. The van der Waals surface area contributed by atoms with Gasteiger partial charge in [0, 0.05) is 0 Å². The van der Waals surface area contributed by atoms with Crippen LogP contribution in [0.1, 0.15) is 65.5 Å². The van der Waals surface area contributed by atoms with Crippen LogP contribution in [0.15, 0.2) is 48.5 Å². The molecule has 138 valence electrons. The molecule has 1 unspecified atom stereocenters. The third-order valence-electron chi connectivity index (χ3n) is 4.93. The summed E-state index contributed by atoms with van der Waals surface area (Å²) < 4.78 is 0. The molecule has 0 bridgehead atoms. The second kappa shape index (κ2) is 7.73. The molecule has 2 aromatic rings. The molecule has 0 aromatic heterocycles. The summed E-state index contributed by atoms with van der Waals surface area (Å²) in [5.41, 5.74) is 1.85. The van der Waals surface area contributed by atoms with E-state index < -0.39 is 11.9 Å². The molecule has 0 heterocycles. The third-order valence-corrected chi connectivity index (χ3v) is 4.93. The highest BCUT2D eigenvalue weighted by Crippen LogP contribution is 2.44. The number of hydrogen-bond donors (Lipinski definition) is 2. The maximum absolute atomic E-state index is 11.7. The van der Waals surface area contributed by atoms with Crippen molar-refractivity contribution in [1.82, 2.24) is 0 Å². The second-order valence-electron chi connectivity index (χ2n) is 7.74. The summed E-state index contributed by atoms with van der Waals surface area (Å²) in [4.78, 5) is 23.2. The summed E-state index contributed by atoms with van der Waals surface area (Å²) in [6.07, 6.45) is 0.548. The Labute approximate surface area is 154 Å². The number of carboxylic acids is 2. The van der Waals surface area contributed by atoms with Gasteiger partial charge in [-0.25, -0.2) is 9.59 Å². The maximum Gasteiger partial charge on any atom is 0.335 e. The highest BCUT2D eigenvalue weighted by atomic mass is 16.4. The fourth-order valence-corrected chi connectivity index (χ4v) is 4.13. The second-order valence-corrected chi connectivity index (χ2v) is 7.74. The van der Waals surface area contributed by atoms with Gasteiger partial charge >= 0.3 is 11.9 Å². The van der Waals surface area contributed by atoms with Crippen LogP contribution in [0, 0.1) is 11.3 Å². The van der Waals surface area contributed by atoms with Gasteiger partial charge < -0.3 is 10.2 Å². The standard InChI is InChI=1S/C22H26O4/c1-14(2)19(17-11-7-8-12-18(17)21(25)26)22(3,4)13-15-9-5-6-10-16(15)20(23)24/h5-12,14,19H,13H2,1-4H3,(H,23,24)(H,25,26). The van der Waals surface area contributed by atoms with Crippen molar-refractivity contribution in [3.63, 3.8) is 0 Å². The zero-order valence-corrected chi connectivity index (χ0v) is 15.7. The number of rotatable bonds is 7. The largest absolute Gasteiger partial charge is 0.478 e. The average Bonchev–Trinajstić information content (AvgIpc) is 2.54. The van der Waals surface area contributed by atoms with Crippen molar-refractivity contribution in [1.29, 1.82) is 0 Å². The fraction of sp³-hybridized carbons (Fsp3) is 0.364. The van der Waals surface area contributed by atoms with Crippen LogP contribution < -0.4 is 0 Å². The van der Waals surface area contributed by atoms with Crippen molar-refractivity contribution < 1.29 is 19.8 Å². The zero-order valence-electron chi connectivity index (χ0n) is 15.7. The Hall–Kier alpha value is -2.62. The lowest BCUT2D eigenvalue weighted by atomic mass is 9.65. The first-order valence-electron chi connectivity index (χ1n) is 8.78. The molecule has 1 atom stereocenters. The van der Waals surface area contributed by atoms with Gasteiger partial charge in [0.25, 0.3) is 0 Å². The van der Waals surface area contributed by atoms with E-state index in [1.807, 2.05) is 24.3 Å². The normalized spacial score (nSPS) is 12.8. The predicted molar refractivity (Wildman–Crippen MR) is 102 cm³/mol. The predicted octanol–water partition coefficient (Wildman–Crippen LogP) is 5.09. The molecule has 2 aromatic carbocycles. The SMILES string of the molecule is CC(C)C(c1ccccc1C(=O)O)C(C)(C)Cc1ccccc1C(=O)O. The first-order chi connectivity index (χ1) is 12.1. The molecule has 0 saturated heterocycles. The summed E-state index contributed by atoms with van der Waals surface area (Å²) in [7, 11) is 0. The summed E-state index contributed by atoms with van der Waals surface area (Å²) in [6, 6.07) is 14.1. The van der Waals surface area contributed by atoms with Crippen LogP contribution in [0.25, 0.3) is 0 Å². The third kappa shape index (κ3) is 4.13. The summed E-state index contributed by atoms with van der Waals surface area (Å²) in [6.45, 7) is 8.31. The van der Waals surface area contributed by atoms with Gasteiger partial charge in [-0.2, -0.15) is 0 Å². The number of carbonyl (C=O) groups is 2. The molecule has 0 amide bonds. The van der Waals surface area contributed by atoms with E-state index >= 15 is 0 Å². The smallest absolute Gasteiger partial charge is 0.335 e. The van der Waals surface area contributed by atoms with Crippen molar-refractivity contribution in [3.8, 4) is 0 Å². The molecule has 0 radical (unpaired) electrons. The Morgan fingerprint density at radius 2 is 1.38 bits per heavy atom. The van der Waals surface area contributed by atoms with Crippen LogP contribution in [-0.4, -0.2) is 22.2 Å². The highest BCUT2D eigenvalue weighted by Gasteiger charge is 2.36. The Morgan fingerprint density at radius 1 is 0.885 bits per heavy atom. The highest BCUT2D eigenvalue weighted by molar-refractivity contribution is 5.90. The topological polar surface area (TPSA) is 74.6 Å². The first kappa shape index (κ1) is 19.7. The van der Waals surface area contributed by atoms with Crippen LogP contribution in [0.5, 0.6) is 0 Å². The lowest BCUT2D eigenvalue weighted by molar-refractivity contribution is 0.0684. The Balaban J connectivity index is 2.51. The van der Waals surface area contributed by atoms with E-state index in [-0.39, 0.29) is 17.3 Å². The van der Waals surface area contributed by atoms with Gasteiger partial charge in [0.15, 0.2) is 0 Å². The summed E-state index contributed by atoms with van der Waals surface area (Å²) in [5, 5.41) is 19.1. The summed E-state index contributed by atoms with van der Waals surface area (Å²) >= 11 is 0. The van der Waals surface area contributed by atoms with Gasteiger partial charge in [-0.05, 0) is 46.9 Å². The molecule has 2 rings (SSSR count). The van der Waals surface area contributed by atoms with E-state index in [9.17, 15) is 19.8 Å². The molecular formula is C22H26O4. The van der Waals surface area contributed by atoms with E-state index in [2.05, 4.69) is 27.7 Å². The Kier molecular flexibility index (Phi) is 5.86. The van der Waals surface area contributed by atoms with E-state index in [0.29, 0.717) is 17.5 Å². The number of aromatic carboxylic acids is 2. The number of carboxylic acid groups (broad SMARTS) is 2. The molecule has 0 aliphatic heterocycles. The zero-order chi connectivity index (χ0) is 19.5. The van der Waals surface area contributed by atoms with Crippen molar-refractivity contribution in [2.75, 3.05) is 0 Å². The molecule has 26 heavy (non-hydrogen) atoms. The van der Waals surface area contributed by atoms with Crippen molar-refractivity contribution >= 4 is 11.9 Å². The van der Waals surface area contributed by atoms with Crippen LogP contribution >= 0.6 is 0 Å². The molecular weight excluding hydrogens is 328 g/mol. The number of benzene rings is 2. The lowest BCUT2D eigenvalue weighted by Gasteiger charge is -2.39. The van der Waals surface area contributed by atoms with E-state index in [4.69, 9.17) is 0 Å². The molecule has 0 saturated carbocycles. The first-order valence-corrected chi connectivity index (χ1v) is 8.78. The molecule has 0 aliphatic carbocycles. The fourth-order valence-electron chi connectivity index (χ4n) is 4.13. The maximum atomic E-state index is 11.7. The van der Waals surface area contributed by atoms with Crippen molar-refractivity contribution in [3.05, 3.63) is 70.8 Å². The van der Waals surface area contributed by atoms with Crippen LogP contribution in [0.4, 0.5) is 0 Å². The molecule has 0 spiro atoms. The van der Waals surface area contributed by atoms with Gasteiger partial charge in [0.1, 0.15) is 0 Å². The van der Waals surface area contributed by atoms with E-state index in [1.54, 1.807) is 24.3 Å². The minimum Gasteiger partial charge on any atom is -0.478 e. The van der Waals surface area contributed by atoms with Crippen LogP contribution in [0.2, 0.25) is 0 Å². The van der Waals surface area contributed by atoms with Gasteiger partial charge in [0.05, 0.1) is 11.1 Å². The minimum absolute atomic E-state index is 0.0309. The quantitative estimate of drug-likeness (QED) is 0.726. The van der Waals surface area contributed by atoms with Gasteiger partial charge in [-0.1, -0.05) is 64.1 Å².